The van der Waals surface area contributed by atoms with Crippen molar-refractivity contribution >= 4 is 34.2 Å². The Hall–Kier alpha value is -3.49. The first kappa shape index (κ1) is 25.8. The first-order valence-electron chi connectivity index (χ1n) is 14.0. The predicted octanol–water partition coefficient (Wildman–Crippen LogP) is 3.38. The number of nitrogens with zero attached hydrogens (tertiary/aromatic N) is 2. The van der Waals surface area contributed by atoms with Gasteiger partial charge < -0.3 is 24.4 Å². The van der Waals surface area contributed by atoms with Crippen LogP contribution in [-0.4, -0.2) is 71.8 Å². The highest BCUT2D eigenvalue weighted by Gasteiger charge is 2.71. The minimum absolute atomic E-state index is 0.00332. The van der Waals surface area contributed by atoms with Crippen molar-refractivity contribution in [1.29, 1.82) is 0 Å². The highest BCUT2D eigenvalue weighted by atomic mass is 16.6. The van der Waals surface area contributed by atoms with Gasteiger partial charge in [-0.25, -0.2) is 0 Å². The zero-order chi connectivity index (χ0) is 27.0. The molecule has 1 unspecified atom stereocenters. The van der Waals surface area contributed by atoms with Crippen molar-refractivity contribution in [3.05, 3.63) is 66.8 Å². The van der Waals surface area contributed by atoms with Crippen LogP contribution < -0.4 is 4.90 Å². The lowest BCUT2D eigenvalue weighted by molar-refractivity contribution is -0.154. The Kier molecular flexibility index (Phi) is 6.99. The third-order valence-corrected chi connectivity index (χ3v) is 8.45. The molecule has 39 heavy (non-hydrogen) atoms. The monoisotopic (exact) mass is 530 g/mol. The summed E-state index contributed by atoms with van der Waals surface area (Å²) >= 11 is 0. The van der Waals surface area contributed by atoms with Crippen LogP contribution in [0.2, 0.25) is 0 Å². The molecule has 2 aromatic rings. The van der Waals surface area contributed by atoms with Gasteiger partial charge in [-0.1, -0.05) is 54.6 Å². The molecule has 2 aromatic carbocycles. The van der Waals surface area contributed by atoms with Crippen LogP contribution in [-0.2, 0) is 23.9 Å². The highest BCUT2D eigenvalue weighted by Crippen LogP contribution is 2.53. The Morgan fingerprint density at radius 3 is 2.67 bits per heavy atom. The maximum Gasteiger partial charge on any atom is 0.312 e. The zero-order valence-electron chi connectivity index (χ0n) is 21.9. The molecule has 6 rings (SSSR count). The van der Waals surface area contributed by atoms with E-state index >= 15 is 0 Å². The van der Waals surface area contributed by atoms with Crippen molar-refractivity contribution in [3.63, 3.8) is 0 Å². The van der Waals surface area contributed by atoms with E-state index in [4.69, 9.17) is 9.47 Å². The molecule has 0 aromatic heterocycles. The zero-order valence-corrected chi connectivity index (χ0v) is 21.9. The number of likely N-dealkylation sites (tertiary alicyclic amines) is 1. The lowest BCUT2D eigenvalue weighted by Gasteiger charge is -2.35. The molecular formula is C31H34N2O6. The number of fused-ring (bicyclic) bond motifs is 3. The van der Waals surface area contributed by atoms with Crippen LogP contribution in [0.1, 0.15) is 32.1 Å². The molecule has 2 saturated heterocycles. The van der Waals surface area contributed by atoms with Crippen molar-refractivity contribution < 1.29 is 29.0 Å². The number of benzene rings is 2. The normalized spacial score (nSPS) is 31.5. The maximum absolute atomic E-state index is 14.5. The van der Waals surface area contributed by atoms with Crippen molar-refractivity contribution in [2.45, 2.75) is 49.9 Å². The minimum Gasteiger partial charge on any atom is -0.465 e. The summed E-state index contributed by atoms with van der Waals surface area (Å²) in [6.45, 7) is 0.910. The van der Waals surface area contributed by atoms with Gasteiger partial charge in [0.2, 0.25) is 5.91 Å². The first-order chi connectivity index (χ1) is 19.0. The molecule has 5 atom stereocenters. The van der Waals surface area contributed by atoms with E-state index in [0.717, 1.165) is 35.7 Å². The SMILES string of the molecule is O=C1OCCCC/C=C\[C@@H]2O[C@]34C=CCN(c5ccc6ccccc6c5)C(=O)C3N(CCCCO)C(=O)[C@@H]4[C@H]12. The summed E-state index contributed by atoms with van der Waals surface area (Å²) in [7, 11) is 0. The van der Waals surface area contributed by atoms with Crippen LogP contribution in [0.15, 0.2) is 66.8 Å². The number of hydrogen-bond donors (Lipinski definition) is 1. The second kappa shape index (κ2) is 10.6. The number of aliphatic hydroxyl groups excluding tert-OH is 1. The van der Waals surface area contributed by atoms with Gasteiger partial charge in [0, 0.05) is 25.4 Å². The quantitative estimate of drug-likeness (QED) is 0.362. The average Bonchev–Trinajstić information content (AvgIpc) is 3.33. The Morgan fingerprint density at radius 2 is 1.82 bits per heavy atom. The van der Waals surface area contributed by atoms with E-state index in [1.54, 1.807) is 9.80 Å². The maximum atomic E-state index is 14.5. The van der Waals surface area contributed by atoms with Crippen LogP contribution in [0.4, 0.5) is 5.69 Å². The third-order valence-electron chi connectivity index (χ3n) is 8.45. The predicted molar refractivity (Wildman–Crippen MR) is 146 cm³/mol. The van der Waals surface area contributed by atoms with Crippen LogP contribution in [0.3, 0.4) is 0 Å². The van der Waals surface area contributed by atoms with Gasteiger partial charge in [-0.15, -0.1) is 0 Å². The van der Waals surface area contributed by atoms with Crippen LogP contribution in [0.25, 0.3) is 10.8 Å². The van der Waals surface area contributed by atoms with Gasteiger partial charge in [-0.05, 0) is 55.0 Å². The molecule has 1 N–H and O–H groups in total. The van der Waals surface area contributed by atoms with Crippen molar-refractivity contribution in [3.8, 4) is 0 Å². The van der Waals surface area contributed by atoms with Gasteiger partial charge in [0.25, 0.3) is 5.91 Å². The number of esters is 1. The standard InChI is InChI=1S/C31H34N2O6/c34-18-7-6-16-33-27-29(36)32(23-14-13-21-10-4-5-11-22(21)20-23)17-9-15-31(27)26(28(33)35)25-24(39-31)12-3-1-2-8-19-38-30(25)37/h3-5,9-15,20,24-27,34H,1-2,6-8,16-19H2/b12-3-/t24-,25+,26-,27?,31-/m0/s1. The van der Waals surface area contributed by atoms with E-state index in [0.29, 0.717) is 32.5 Å². The summed E-state index contributed by atoms with van der Waals surface area (Å²) < 4.78 is 12.3. The number of hydrogen-bond acceptors (Lipinski definition) is 6. The molecule has 8 heteroatoms. The number of rotatable bonds is 5. The van der Waals surface area contributed by atoms with E-state index in [1.807, 2.05) is 66.8 Å². The number of allylic oxidation sites excluding steroid dienone is 1. The number of amides is 2. The van der Waals surface area contributed by atoms with Gasteiger partial charge in [0.1, 0.15) is 17.6 Å². The van der Waals surface area contributed by atoms with E-state index < -0.39 is 35.6 Å². The molecule has 204 valence electrons. The molecule has 0 aliphatic carbocycles. The van der Waals surface area contributed by atoms with Gasteiger partial charge >= 0.3 is 5.97 Å². The summed E-state index contributed by atoms with van der Waals surface area (Å²) in [5.41, 5.74) is -0.547. The van der Waals surface area contributed by atoms with Crippen molar-refractivity contribution in [1.82, 2.24) is 4.90 Å². The van der Waals surface area contributed by atoms with Crippen LogP contribution in [0.5, 0.6) is 0 Å². The number of anilines is 1. The third kappa shape index (κ3) is 4.36. The fourth-order valence-electron chi connectivity index (χ4n) is 6.63. The molecular weight excluding hydrogens is 496 g/mol. The van der Waals surface area contributed by atoms with Gasteiger partial charge in [-0.2, -0.15) is 0 Å². The second-order valence-corrected chi connectivity index (χ2v) is 10.8. The molecule has 0 bridgehead atoms. The molecule has 4 heterocycles. The molecule has 8 nitrogen and oxygen atoms in total. The van der Waals surface area contributed by atoms with Gasteiger partial charge in [-0.3, -0.25) is 14.4 Å². The van der Waals surface area contributed by atoms with Crippen LogP contribution in [0, 0.1) is 11.8 Å². The summed E-state index contributed by atoms with van der Waals surface area (Å²) in [6.07, 6.45) is 10.5. The lowest BCUT2D eigenvalue weighted by atomic mass is 9.78. The molecule has 0 radical (unpaired) electrons. The molecule has 4 aliphatic heterocycles. The molecule has 4 aliphatic rings. The number of ether oxygens (including phenoxy) is 2. The number of carbonyl (C=O) groups excluding carboxylic acids is 3. The van der Waals surface area contributed by atoms with E-state index in [2.05, 4.69) is 0 Å². The molecule has 1 spiro atoms. The van der Waals surface area contributed by atoms with Gasteiger partial charge in [0.05, 0.1) is 18.6 Å². The summed E-state index contributed by atoms with van der Waals surface area (Å²) in [5.74, 6) is -2.66. The fourth-order valence-corrected chi connectivity index (χ4v) is 6.63. The van der Waals surface area contributed by atoms with Gasteiger partial charge in [0.15, 0.2) is 0 Å². The molecule has 2 amide bonds. The molecule has 0 saturated carbocycles. The highest BCUT2D eigenvalue weighted by molar-refractivity contribution is 6.06. The van der Waals surface area contributed by atoms with E-state index in [9.17, 15) is 19.5 Å². The smallest absolute Gasteiger partial charge is 0.312 e. The molecule has 2 fully saturated rings. The minimum atomic E-state index is -1.29. The number of carbonyl (C=O) groups is 3. The van der Waals surface area contributed by atoms with E-state index in [1.165, 1.54) is 0 Å². The Balaban J connectivity index is 1.42. The summed E-state index contributed by atoms with van der Waals surface area (Å²) in [4.78, 5) is 45.2. The fraction of sp³-hybridized carbons (Fsp3) is 0.452. The Morgan fingerprint density at radius 1 is 0.974 bits per heavy atom. The topological polar surface area (TPSA) is 96.4 Å². The Labute approximate surface area is 227 Å². The summed E-state index contributed by atoms with van der Waals surface area (Å²) in [5, 5.41) is 11.5. The van der Waals surface area contributed by atoms with Crippen molar-refractivity contribution in [2.24, 2.45) is 11.8 Å². The number of unbranched alkanes of at least 4 members (excludes halogenated alkanes) is 1. The largest absolute Gasteiger partial charge is 0.465 e. The number of aliphatic hydroxyl groups is 1. The first-order valence-corrected chi connectivity index (χ1v) is 14.0. The van der Waals surface area contributed by atoms with Crippen molar-refractivity contribution in [2.75, 3.05) is 31.2 Å². The lowest BCUT2D eigenvalue weighted by Crippen LogP contribution is -2.55. The second-order valence-electron chi connectivity index (χ2n) is 10.8. The average molecular weight is 531 g/mol. The van der Waals surface area contributed by atoms with E-state index in [-0.39, 0.29) is 18.4 Å². The number of cyclic esters (lactones) is 1. The summed E-state index contributed by atoms with van der Waals surface area (Å²) in [6, 6.07) is 12.9. The van der Waals surface area contributed by atoms with Crippen LogP contribution >= 0.6 is 0 Å². The Bertz CT molecular complexity index is 1340.